The molecular formula is C28H35FN2O2. The number of alkyl halides is 1. The van der Waals surface area contributed by atoms with Crippen molar-refractivity contribution in [1.82, 2.24) is 9.97 Å². The quantitative estimate of drug-likeness (QED) is 0.245. The van der Waals surface area contributed by atoms with Crippen molar-refractivity contribution < 1.29 is 13.9 Å². The number of halogens is 1. The SMILES string of the molecule is CCCCCCCCc1cnc(-c2ccc(OC[C@H](F)COc3ccc(C)cc3)cc2)nc1. The third-order valence-corrected chi connectivity index (χ3v) is 5.52. The number of unbranched alkanes of at least 4 members (excludes halogenated alkanes) is 5. The lowest BCUT2D eigenvalue weighted by atomic mass is 10.1. The zero-order valence-corrected chi connectivity index (χ0v) is 19.8. The van der Waals surface area contributed by atoms with E-state index in [1.807, 2.05) is 67.8 Å². The number of rotatable bonds is 14. The summed E-state index contributed by atoms with van der Waals surface area (Å²) in [5.74, 6) is 1.95. The largest absolute Gasteiger partial charge is 0.490 e. The summed E-state index contributed by atoms with van der Waals surface area (Å²) in [6.45, 7) is 4.14. The molecule has 0 radical (unpaired) electrons. The minimum Gasteiger partial charge on any atom is -0.490 e. The van der Waals surface area contributed by atoms with E-state index in [2.05, 4.69) is 16.9 Å². The van der Waals surface area contributed by atoms with Gasteiger partial charge in [0.15, 0.2) is 12.0 Å². The van der Waals surface area contributed by atoms with Crippen LogP contribution < -0.4 is 9.47 Å². The maximum atomic E-state index is 14.1. The number of aryl methyl sites for hydroxylation is 2. The second-order valence-corrected chi connectivity index (χ2v) is 8.49. The first-order chi connectivity index (χ1) is 16.1. The molecule has 0 saturated carbocycles. The van der Waals surface area contributed by atoms with E-state index in [4.69, 9.17) is 9.47 Å². The molecule has 1 aromatic heterocycles. The van der Waals surface area contributed by atoms with E-state index in [1.54, 1.807) is 0 Å². The van der Waals surface area contributed by atoms with E-state index in [9.17, 15) is 4.39 Å². The fourth-order valence-corrected chi connectivity index (χ4v) is 3.50. The molecule has 0 N–H and O–H groups in total. The van der Waals surface area contributed by atoms with Crippen molar-refractivity contribution in [2.24, 2.45) is 0 Å². The molecule has 33 heavy (non-hydrogen) atoms. The lowest BCUT2D eigenvalue weighted by Crippen LogP contribution is -2.20. The van der Waals surface area contributed by atoms with E-state index in [-0.39, 0.29) is 13.2 Å². The van der Waals surface area contributed by atoms with Crippen LogP contribution in [0.3, 0.4) is 0 Å². The van der Waals surface area contributed by atoms with Crippen LogP contribution in [0.1, 0.15) is 56.6 Å². The van der Waals surface area contributed by atoms with Crippen LogP contribution >= 0.6 is 0 Å². The smallest absolute Gasteiger partial charge is 0.168 e. The first-order valence-electron chi connectivity index (χ1n) is 12.0. The summed E-state index contributed by atoms with van der Waals surface area (Å²) in [6, 6.07) is 15.0. The van der Waals surface area contributed by atoms with Crippen LogP contribution in [0.4, 0.5) is 4.39 Å². The molecule has 0 bridgehead atoms. The van der Waals surface area contributed by atoms with Crippen LogP contribution in [-0.2, 0) is 6.42 Å². The average molecular weight is 451 g/mol. The van der Waals surface area contributed by atoms with Gasteiger partial charge in [-0.2, -0.15) is 0 Å². The molecule has 0 unspecified atom stereocenters. The first-order valence-corrected chi connectivity index (χ1v) is 12.0. The molecule has 3 rings (SSSR count). The molecule has 1 heterocycles. The number of aromatic nitrogens is 2. The van der Waals surface area contributed by atoms with Crippen LogP contribution in [0.2, 0.25) is 0 Å². The maximum Gasteiger partial charge on any atom is 0.168 e. The van der Waals surface area contributed by atoms with Crippen LogP contribution in [0.25, 0.3) is 11.4 Å². The molecule has 1 atom stereocenters. The summed E-state index contributed by atoms with van der Waals surface area (Å²) in [6.07, 6.45) is 11.3. The van der Waals surface area contributed by atoms with Gasteiger partial charge < -0.3 is 9.47 Å². The third-order valence-electron chi connectivity index (χ3n) is 5.52. The lowest BCUT2D eigenvalue weighted by Gasteiger charge is -2.12. The number of benzene rings is 2. The summed E-state index contributed by atoms with van der Waals surface area (Å²) in [4.78, 5) is 9.02. The van der Waals surface area contributed by atoms with Gasteiger partial charge in [0.1, 0.15) is 24.7 Å². The Hall–Kier alpha value is -2.95. The molecule has 0 aliphatic rings. The molecule has 0 fully saturated rings. The number of hydrogen-bond acceptors (Lipinski definition) is 4. The number of ether oxygens (including phenoxy) is 2. The molecule has 3 aromatic rings. The highest BCUT2D eigenvalue weighted by atomic mass is 19.1. The van der Waals surface area contributed by atoms with Crippen LogP contribution in [0, 0.1) is 6.92 Å². The van der Waals surface area contributed by atoms with Crippen LogP contribution in [0.5, 0.6) is 11.5 Å². The highest BCUT2D eigenvalue weighted by Gasteiger charge is 2.10. The zero-order chi connectivity index (χ0) is 23.3. The van der Waals surface area contributed by atoms with Gasteiger partial charge in [-0.25, -0.2) is 14.4 Å². The molecule has 2 aromatic carbocycles. The van der Waals surface area contributed by atoms with E-state index < -0.39 is 6.17 Å². The Bertz CT molecular complexity index is 928. The van der Waals surface area contributed by atoms with E-state index in [0.717, 1.165) is 17.5 Å². The molecule has 0 aliphatic carbocycles. The van der Waals surface area contributed by atoms with E-state index in [0.29, 0.717) is 17.3 Å². The van der Waals surface area contributed by atoms with Crippen molar-refractivity contribution in [2.75, 3.05) is 13.2 Å². The van der Waals surface area contributed by atoms with Crippen molar-refractivity contribution in [2.45, 2.75) is 65.0 Å². The molecular weight excluding hydrogens is 415 g/mol. The molecule has 0 aliphatic heterocycles. The maximum absolute atomic E-state index is 14.1. The zero-order valence-electron chi connectivity index (χ0n) is 19.8. The highest BCUT2D eigenvalue weighted by Crippen LogP contribution is 2.20. The van der Waals surface area contributed by atoms with Gasteiger partial charge in [0.2, 0.25) is 0 Å². The summed E-state index contributed by atoms with van der Waals surface area (Å²) in [5.41, 5.74) is 3.23. The predicted octanol–water partition coefficient (Wildman–Crippen LogP) is 7.15. The molecule has 0 amide bonds. The lowest BCUT2D eigenvalue weighted by molar-refractivity contribution is 0.134. The molecule has 0 saturated heterocycles. The van der Waals surface area contributed by atoms with Crippen molar-refractivity contribution in [3.63, 3.8) is 0 Å². The van der Waals surface area contributed by atoms with Crippen molar-refractivity contribution in [3.8, 4) is 22.9 Å². The van der Waals surface area contributed by atoms with Gasteiger partial charge >= 0.3 is 0 Å². The third kappa shape index (κ3) is 8.83. The minimum absolute atomic E-state index is 0.0416. The topological polar surface area (TPSA) is 44.2 Å². The standard InChI is InChI=1S/C28H35FN2O2/c1-3-4-5-6-7-8-9-23-18-30-28(31-19-23)24-12-16-27(17-13-24)33-21-25(29)20-32-26-14-10-22(2)11-15-26/h10-19,25H,3-9,20-21H2,1-2H3/t25-/m1/s1. The first kappa shape index (κ1) is 24.7. The van der Waals surface area contributed by atoms with Gasteiger partial charge in [-0.3, -0.25) is 0 Å². The summed E-state index contributed by atoms with van der Waals surface area (Å²) in [5, 5.41) is 0. The average Bonchev–Trinajstić information content (AvgIpc) is 2.85. The summed E-state index contributed by atoms with van der Waals surface area (Å²) >= 11 is 0. The molecule has 5 heteroatoms. The molecule has 4 nitrogen and oxygen atoms in total. The number of hydrogen-bond donors (Lipinski definition) is 0. The fraction of sp³-hybridized carbons (Fsp3) is 0.429. The summed E-state index contributed by atoms with van der Waals surface area (Å²) in [7, 11) is 0. The van der Waals surface area contributed by atoms with E-state index in [1.165, 1.54) is 44.1 Å². The summed E-state index contributed by atoms with van der Waals surface area (Å²) < 4.78 is 25.2. The Balaban J connectivity index is 1.39. The van der Waals surface area contributed by atoms with Gasteiger partial charge in [-0.05, 0) is 61.7 Å². The Labute approximate surface area is 197 Å². The Morgan fingerprint density at radius 2 is 1.30 bits per heavy atom. The Morgan fingerprint density at radius 3 is 1.91 bits per heavy atom. The fourth-order valence-electron chi connectivity index (χ4n) is 3.50. The van der Waals surface area contributed by atoms with Gasteiger partial charge in [-0.15, -0.1) is 0 Å². The van der Waals surface area contributed by atoms with Crippen molar-refractivity contribution in [3.05, 3.63) is 72.1 Å². The van der Waals surface area contributed by atoms with Gasteiger partial charge in [0, 0.05) is 18.0 Å². The van der Waals surface area contributed by atoms with Crippen LogP contribution in [-0.4, -0.2) is 29.4 Å². The molecule has 0 spiro atoms. The Morgan fingerprint density at radius 1 is 0.758 bits per heavy atom. The predicted molar refractivity (Wildman–Crippen MR) is 132 cm³/mol. The number of nitrogens with zero attached hydrogens (tertiary/aromatic N) is 2. The monoisotopic (exact) mass is 450 g/mol. The van der Waals surface area contributed by atoms with Crippen LogP contribution in [0.15, 0.2) is 60.9 Å². The van der Waals surface area contributed by atoms with Gasteiger partial charge in [0.05, 0.1) is 0 Å². The van der Waals surface area contributed by atoms with Crippen molar-refractivity contribution >= 4 is 0 Å². The minimum atomic E-state index is -1.21. The second-order valence-electron chi connectivity index (χ2n) is 8.49. The van der Waals surface area contributed by atoms with Gasteiger partial charge in [-0.1, -0.05) is 56.7 Å². The van der Waals surface area contributed by atoms with Gasteiger partial charge in [0.25, 0.3) is 0 Å². The van der Waals surface area contributed by atoms with Crippen molar-refractivity contribution in [1.29, 1.82) is 0 Å². The second kappa shape index (κ2) is 13.6. The molecule has 176 valence electrons. The van der Waals surface area contributed by atoms with E-state index >= 15 is 0 Å². The normalized spacial score (nSPS) is 11.8. The highest BCUT2D eigenvalue weighted by molar-refractivity contribution is 5.55. The Kier molecular flexibility index (Phi) is 10.1.